The van der Waals surface area contributed by atoms with Crippen LogP contribution >= 0.6 is 0 Å². The lowest BCUT2D eigenvalue weighted by molar-refractivity contribution is 0.194. The van der Waals surface area contributed by atoms with Crippen LogP contribution in [0.2, 0.25) is 0 Å². The molecule has 0 saturated carbocycles. The highest BCUT2D eigenvalue weighted by molar-refractivity contribution is 5.74. The zero-order valence-corrected chi connectivity index (χ0v) is 17.9. The normalized spacial score (nSPS) is 11.7. The van der Waals surface area contributed by atoms with Crippen LogP contribution in [0.1, 0.15) is 31.9 Å². The van der Waals surface area contributed by atoms with Gasteiger partial charge in [-0.1, -0.05) is 30.3 Å². The van der Waals surface area contributed by atoms with Gasteiger partial charge in [0, 0.05) is 32.4 Å². The van der Waals surface area contributed by atoms with Gasteiger partial charge in [-0.15, -0.1) is 0 Å². The summed E-state index contributed by atoms with van der Waals surface area (Å²) in [7, 11) is 1.83. The Morgan fingerprint density at radius 3 is 2.50 bits per heavy atom. The quantitative estimate of drug-likeness (QED) is 0.548. The molecule has 1 N–H and O–H groups in total. The van der Waals surface area contributed by atoms with Gasteiger partial charge in [-0.05, 0) is 50.1 Å². The lowest BCUT2D eigenvalue weighted by Crippen LogP contribution is -2.40. The highest BCUT2D eigenvalue weighted by Gasteiger charge is 2.17. The highest BCUT2D eigenvalue weighted by Crippen LogP contribution is 2.20. The van der Waals surface area contributed by atoms with E-state index in [1.807, 2.05) is 44.3 Å². The molecule has 0 aliphatic rings. The maximum Gasteiger partial charge on any atom is 0.317 e. The second-order valence-electron chi connectivity index (χ2n) is 7.22. The van der Waals surface area contributed by atoms with E-state index in [-0.39, 0.29) is 12.1 Å². The van der Waals surface area contributed by atoms with Crippen LogP contribution in [0.15, 0.2) is 67.3 Å². The first-order valence-corrected chi connectivity index (χ1v) is 10.4. The monoisotopic (exact) mass is 406 g/mol. The van der Waals surface area contributed by atoms with Crippen LogP contribution in [0.3, 0.4) is 0 Å². The van der Waals surface area contributed by atoms with E-state index in [0.717, 1.165) is 30.8 Å². The van der Waals surface area contributed by atoms with Gasteiger partial charge in [-0.25, -0.2) is 14.5 Å². The Kier molecular flexibility index (Phi) is 7.43. The summed E-state index contributed by atoms with van der Waals surface area (Å²) in [6.45, 7) is 6.67. The van der Waals surface area contributed by atoms with Crippen LogP contribution < -0.4 is 10.2 Å². The van der Waals surface area contributed by atoms with E-state index in [1.165, 1.54) is 12.0 Å². The van der Waals surface area contributed by atoms with Crippen molar-refractivity contribution in [2.75, 3.05) is 31.6 Å². The summed E-state index contributed by atoms with van der Waals surface area (Å²) >= 11 is 0. The fraction of sp³-hybridized carbons (Fsp3) is 0.348. The van der Waals surface area contributed by atoms with Gasteiger partial charge in [0.05, 0.1) is 11.7 Å². The van der Waals surface area contributed by atoms with E-state index >= 15 is 0 Å². The maximum atomic E-state index is 12.6. The Morgan fingerprint density at radius 2 is 1.87 bits per heavy atom. The number of rotatable bonds is 9. The topological polar surface area (TPSA) is 66.3 Å². The molecule has 0 aliphatic heterocycles. The molecule has 158 valence electrons. The van der Waals surface area contributed by atoms with Gasteiger partial charge >= 0.3 is 6.03 Å². The molecular weight excluding hydrogens is 376 g/mol. The zero-order chi connectivity index (χ0) is 21.3. The SMILES string of the molecule is CCN(CCCNC(=O)N(C)C(C)c1ccc(-n2cncn2)cc1)c1ccccc1. The third kappa shape index (κ3) is 5.37. The Morgan fingerprint density at radius 1 is 1.13 bits per heavy atom. The molecule has 3 aromatic rings. The van der Waals surface area contributed by atoms with Gasteiger partial charge in [-0.3, -0.25) is 0 Å². The first kappa shape index (κ1) is 21.4. The summed E-state index contributed by atoms with van der Waals surface area (Å²) in [4.78, 5) is 20.6. The minimum absolute atomic E-state index is 0.0359. The van der Waals surface area contributed by atoms with Crippen molar-refractivity contribution in [1.29, 1.82) is 0 Å². The average molecular weight is 407 g/mol. The highest BCUT2D eigenvalue weighted by atomic mass is 16.2. The van der Waals surface area contributed by atoms with Crippen molar-refractivity contribution in [1.82, 2.24) is 25.0 Å². The first-order chi connectivity index (χ1) is 14.6. The van der Waals surface area contributed by atoms with Crippen molar-refractivity contribution >= 4 is 11.7 Å². The summed E-state index contributed by atoms with van der Waals surface area (Å²) in [5, 5.41) is 7.17. The van der Waals surface area contributed by atoms with E-state index in [2.05, 4.69) is 51.5 Å². The smallest absolute Gasteiger partial charge is 0.317 e. The molecule has 1 unspecified atom stereocenters. The molecule has 1 heterocycles. The first-order valence-electron chi connectivity index (χ1n) is 10.4. The molecule has 2 aromatic carbocycles. The summed E-state index contributed by atoms with van der Waals surface area (Å²) in [5.41, 5.74) is 3.22. The molecule has 0 spiro atoms. The fourth-order valence-corrected chi connectivity index (χ4v) is 3.35. The molecular formula is C23H30N6O. The standard InChI is InChI=1S/C23H30N6O/c1-4-28(21-9-6-5-7-10-21)16-8-15-25-23(30)27(3)19(2)20-11-13-22(14-12-20)29-18-24-17-26-29/h5-7,9-14,17-19H,4,8,15-16H2,1-3H3,(H,25,30). The lowest BCUT2D eigenvalue weighted by atomic mass is 10.1. The predicted molar refractivity (Wildman–Crippen MR) is 120 cm³/mol. The predicted octanol–water partition coefficient (Wildman–Crippen LogP) is 3.89. The molecule has 2 amide bonds. The molecule has 0 fully saturated rings. The minimum atomic E-state index is -0.0642. The number of nitrogens with one attached hydrogen (secondary N) is 1. The number of aromatic nitrogens is 3. The summed E-state index contributed by atoms with van der Waals surface area (Å²) < 4.78 is 1.71. The molecule has 1 aromatic heterocycles. The second-order valence-corrected chi connectivity index (χ2v) is 7.22. The van der Waals surface area contributed by atoms with Gasteiger partial charge in [0.2, 0.25) is 0 Å². The third-order valence-electron chi connectivity index (χ3n) is 5.34. The number of hydrogen-bond donors (Lipinski definition) is 1. The van der Waals surface area contributed by atoms with E-state index in [9.17, 15) is 4.79 Å². The van der Waals surface area contributed by atoms with Crippen molar-refractivity contribution in [2.24, 2.45) is 0 Å². The van der Waals surface area contributed by atoms with Crippen LogP contribution in [0, 0.1) is 0 Å². The summed E-state index contributed by atoms with van der Waals surface area (Å²) in [6, 6.07) is 18.3. The van der Waals surface area contributed by atoms with Crippen molar-refractivity contribution < 1.29 is 4.79 Å². The Balaban J connectivity index is 1.46. The van der Waals surface area contributed by atoms with Gasteiger partial charge in [-0.2, -0.15) is 5.10 Å². The Bertz CT molecular complexity index is 895. The van der Waals surface area contributed by atoms with Crippen LogP contribution in [0.4, 0.5) is 10.5 Å². The molecule has 7 heteroatoms. The van der Waals surface area contributed by atoms with Crippen LogP contribution in [0.5, 0.6) is 0 Å². The van der Waals surface area contributed by atoms with Gasteiger partial charge in [0.1, 0.15) is 12.7 Å². The van der Waals surface area contributed by atoms with E-state index in [0.29, 0.717) is 6.54 Å². The number of hydrogen-bond acceptors (Lipinski definition) is 4. The number of amides is 2. The summed E-state index contributed by atoms with van der Waals surface area (Å²) in [6.07, 6.45) is 4.06. The van der Waals surface area contributed by atoms with Gasteiger partial charge in [0.15, 0.2) is 0 Å². The Labute approximate surface area is 178 Å². The van der Waals surface area contributed by atoms with Crippen molar-refractivity contribution in [3.8, 4) is 5.69 Å². The van der Waals surface area contributed by atoms with E-state index in [4.69, 9.17) is 0 Å². The molecule has 30 heavy (non-hydrogen) atoms. The van der Waals surface area contributed by atoms with Gasteiger partial charge < -0.3 is 15.1 Å². The number of benzene rings is 2. The van der Waals surface area contributed by atoms with E-state index in [1.54, 1.807) is 15.9 Å². The third-order valence-corrected chi connectivity index (χ3v) is 5.34. The largest absolute Gasteiger partial charge is 0.372 e. The number of para-hydroxylation sites is 1. The number of anilines is 1. The van der Waals surface area contributed by atoms with Gasteiger partial charge in [0.25, 0.3) is 0 Å². The summed E-state index contributed by atoms with van der Waals surface area (Å²) in [5.74, 6) is 0. The minimum Gasteiger partial charge on any atom is -0.372 e. The number of carbonyl (C=O) groups excluding carboxylic acids is 1. The van der Waals surface area contributed by atoms with Crippen LogP contribution in [0.25, 0.3) is 5.69 Å². The molecule has 3 rings (SSSR count). The maximum absolute atomic E-state index is 12.6. The second kappa shape index (κ2) is 10.4. The van der Waals surface area contributed by atoms with E-state index < -0.39 is 0 Å². The molecule has 1 atom stereocenters. The molecule has 0 bridgehead atoms. The van der Waals surface area contributed by atoms with Crippen molar-refractivity contribution in [2.45, 2.75) is 26.3 Å². The van der Waals surface area contributed by atoms with Crippen molar-refractivity contribution in [3.63, 3.8) is 0 Å². The lowest BCUT2D eigenvalue weighted by Gasteiger charge is -2.26. The number of nitrogens with zero attached hydrogens (tertiary/aromatic N) is 5. The van der Waals surface area contributed by atoms with Crippen molar-refractivity contribution in [3.05, 3.63) is 72.8 Å². The average Bonchev–Trinajstić information content (AvgIpc) is 3.33. The number of carbonyl (C=O) groups is 1. The van der Waals surface area contributed by atoms with Crippen LogP contribution in [-0.4, -0.2) is 52.4 Å². The Hall–Kier alpha value is -3.35. The molecule has 7 nitrogen and oxygen atoms in total. The zero-order valence-electron chi connectivity index (χ0n) is 17.9. The molecule has 0 aliphatic carbocycles. The molecule has 0 saturated heterocycles. The number of urea groups is 1. The fourth-order valence-electron chi connectivity index (χ4n) is 3.35. The molecule has 0 radical (unpaired) electrons. The van der Waals surface area contributed by atoms with Crippen LogP contribution in [-0.2, 0) is 0 Å².